The fourth-order valence-electron chi connectivity index (χ4n) is 3.54. The van der Waals surface area contributed by atoms with Crippen LogP contribution < -0.4 is 5.73 Å². The number of anilines is 1. The first-order chi connectivity index (χ1) is 11.4. The van der Waals surface area contributed by atoms with Crippen LogP contribution >= 0.6 is 11.3 Å². The molecule has 1 aromatic carbocycles. The van der Waals surface area contributed by atoms with Gasteiger partial charge in [-0.2, -0.15) is 0 Å². The largest absolute Gasteiger partial charge is 0.375 e. The van der Waals surface area contributed by atoms with E-state index in [9.17, 15) is 4.79 Å². The summed E-state index contributed by atoms with van der Waals surface area (Å²) in [6, 6.07) is 4.28. The molecule has 0 unspecified atom stereocenters. The molecule has 3 N–H and O–H groups in total. The zero-order chi connectivity index (χ0) is 17.0. The van der Waals surface area contributed by atoms with E-state index in [0.29, 0.717) is 23.9 Å². The maximum atomic E-state index is 13.1. The number of aryl methyl sites for hydroxylation is 3. The third-order valence-corrected chi connectivity index (χ3v) is 5.67. The molecular weight excluding hydrogens is 320 g/mol. The van der Waals surface area contributed by atoms with Crippen molar-refractivity contribution < 1.29 is 4.79 Å². The summed E-state index contributed by atoms with van der Waals surface area (Å²) in [5, 5.41) is 1.72. The summed E-state index contributed by atoms with van der Waals surface area (Å²) in [5.41, 5.74) is 12.0. The first-order valence-electron chi connectivity index (χ1n) is 8.07. The number of amides is 1. The Hall–Kier alpha value is -2.34. The fourth-order valence-corrected chi connectivity index (χ4v) is 4.44. The van der Waals surface area contributed by atoms with Crippen molar-refractivity contribution in [2.24, 2.45) is 0 Å². The van der Waals surface area contributed by atoms with Crippen LogP contribution in [0.5, 0.6) is 0 Å². The van der Waals surface area contributed by atoms with E-state index < -0.39 is 0 Å². The van der Waals surface area contributed by atoms with Crippen molar-refractivity contribution in [3.63, 3.8) is 0 Å². The van der Waals surface area contributed by atoms with Gasteiger partial charge in [0.05, 0.1) is 12.2 Å². The Morgan fingerprint density at radius 2 is 2.12 bits per heavy atom. The Labute approximate surface area is 144 Å². The van der Waals surface area contributed by atoms with Crippen LogP contribution in [0.4, 0.5) is 5.13 Å². The molecule has 0 spiro atoms. The molecule has 124 valence electrons. The van der Waals surface area contributed by atoms with Gasteiger partial charge >= 0.3 is 0 Å². The molecule has 0 aliphatic carbocycles. The van der Waals surface area contributed by atoms with Gasteiger partial charge in [-0.25, -0.2) is 4.98 Å². The van der Waals surface area contributed by atoms with E-state index in [1.807, 2.05) is 11.8 Å². The number of fused-ring (bicyclic) bond motifs is 2. The average Bonchev–Trinajstić information content (AvgIpc) is 3.06. The summed E-state index contributed by atoms with van der Waals surface area (Å²) < 4.78 is 0. The molecule has 0 bridgehead atoms. The average molecular weight is 340 g/mol. The maximum absolute atomic E-state index is 13.1. The highest BCUT2D eigenvalue weighted by Crippen LogP contribution is 2.30. The number of carbonyl (C=O) groups is 1. The highest BCUT2D eigenvalue weighted by atomic mass is 32.1. The minimum Gasteiger partial charge on any atom is -0.375 e. The van der Waals surface area contributed by atoms with Gasteiger partial charge in [0.1, 0.15) is 5.69 Å². The summed E-state index contributed by atoms with van der Waals surface area (Å²) in [4.78, 5) is 23.7. The number of rotatable bonds is 1. The van der Waals surface area contributed by atoms with Crippen LogP contribution in [-0.2, 0) is 13.0 Å². The Morgan fingerprint density at radius 3 is 2.92 bits per heavy atom. The third-order valence-electron chi connectivity index (χ3n) is 4.76. The molecule has 1 aliphatic rings. The van der Waals surface area contributed by atoms with Gasteiger partial charge in [0.15, 0.2) is 5.13 Å². The molecular formula is C18H20N4OS. The van der Waals surface area contributed by atoms with Gasteiger partial charge in [0.2, 0.25) is 0 Å². The Morgan fingerprint density at radius 1 is 1.33 bits per heavy atom. The lowest BCUT2D eigenvalue weighted by atomic mass is 10.1. The lowest BCUT2D eigenvalue weighted by Gasteiger charge is -2.25. The molecule has 1 amide bonds. The molecule has 0 fully saturated rings. The predicted molar refractivity (Wildman–Crippen MR) is 97.5 cm³/mol. The topological polar surface area (TPSA) is 75.0 Å². The van der Waals surface area contributed by atoms with Crippen LogP contribution in [0.15, 0.2) is 12.1 Å². The molecule has 0 atom stereocenters. The molecule has 0 radical (unpaired) electrons. The Kier molecular flexibility index (Phi) is 3.38. The SMILES string of the molecule is Cc1cc(C)c2[nH]c(C(=O)N3CCc4nc(N)sc4C3)c(C)c2c1. The van der Waals surface area contributed by atoms with Crippen LogP contribution in [0.3, 0.4) is 0 Å². The van der Waals surface area contributed by atoms with E-state index in [4.69, 9.17) is 5.73 Å². The van der Waals surface area contributed by atoms with Crippen molar-refractivity contribution in [1.29, 1.82) is 0 Å². The zero-order valence-corrected chi connectivity index (χ0v) is 14.9. The third kappa shape index (κ3) is 2.29. The molecule has 0 saturated carbocycles. The van der Waals surface area contributed by atoms with Crippen molar-refractivity contribution >= 4 is 33.3 Å². The first-order valence-corrected chi connectivity index (χ1v) is 8.88. The fraction of sp³-hybridized carbons (Fsp3) is 0.333. The Bertz CT molecular complexity index is 969. The minimum atomic E-state index is 0.0541. The number of nitrogens with two attached hydrogens (primary N) is 1. The normalized spacial score (nSPS) is 14.2. The number of aromatic amines is 1. The van der Waals surface area contributed by atoms with Gasteiger partial charge in [0.25, 0.3) is 5.91 Å². The van der Waals surface area contributed by atoms with Gasteiger partial charge < -0.3 is 15.6 Å². The van der Waals surface area contributed by atoms with E-state index in [-0.39, 0.29) is 5.91 Å². The van der Waals surface area contributed by atoms with E-state index in [0.717, 1.165) is 33.5 Å². The molecule has 5 nitrogen and oxygen atoms in total. The number of nitrogens with zero attached hydrogens (tertiary/aromatic N) is 2. The van der Waals surface area contributed by atoms with Gasteiger partial charge in [-0.3, -0.25) is 4.79 Å². The number of thiazole rings is 1. The van der Waals surface area contributed by atoms with Crippen molar-refractivity contribution in [1.82, 2.24) is 14.9 Å². The summed E-state index contributed by atoms with van der Waals surface area (Å²) in [7, 11) is 0. The number of nitrogen functional groups attached to an aromatic ring is 1. The van der Waals surface area contributed by atoms with Gasteiger partial charge in [0, 0.05) is 28.7 Å². The number of benzene rings is 1. The van der Waals surface area contributed by atoms with Crippen LogP contribution in [0.2, 0.25) is 0 Å². The number of hydrogen-bond donors (Lipinski definition) is 2. The lowest BCUT2D eigenvalue weighted by Crippen LogP contribution is -2.36. The van der Waals surface area contributed by atoms with E-state index in [1.54, 1.807) is 0 Å². The zero-order valence-electron chi connectivity index (χ0n) is 14.1. The predicted octanol–water partition coefficient (Wildman–Crippen LogP) is 3.33. The summed E-state index contributed by atoms with van der Waals surface area (Å²) in [6.45, 7) is 7.45. The van der Waals surface area contributed by atoms with Gasteiger partial charge in [-0.05, 0) is 38.0 Å². The molecule has 1 aliphatic heterocycles. The summed E-state index contributed by atoms with van der Waals surface area (Å²) >= 11 is 1.48. The van der Waals surface area contributed by atoms with Crippen LogP contribution in [0.1, 0.15) is 37.7 Å². The smallest absolute Gasteiger partial charge is 0.270 e. The summed E-state index contributed by atoms with van der Waals surface area (Å²) in [6.07, 6.45) is 0.770. The first kappa shape index (κ1) is 15.2. The molecule has 0 saturated heterocycles. The van der Waals surface area contributed by atoms with Gasteiger partial charge in [-0.15, -0.1) is 11.3 Å². The van der Waals surface area contributed by atoms with Crippen molar-refractivity contribution in [2.45, 2.75) is 33.7 Å². The van der Waals surface area contributed by atoms with Crippen LogP contribution in [0.25, 0.3) is 10.9 Å². The number of carbonyl (C=O) groups excluding carboxylic acids is 1. The number of H-pyrrole nitrogens is 1. The molecule has 3 heterocycles. The van der Waals surface area contributed by atoms with Crippen LogP contribution in [0, 0.1) is 20.8 Å². The minimum absolute atomic E-state index is 0.0541. The summed E-state index contributed by atoms with van der Waals surface area (Å²) in [5.74, 6) is 0.0541. The van der Waals surface area contributed by atoms with E-state index >= 15 is 0 Å². The molecule has 6 heteroatoms. The standard InChI is InChI=1S/C18H20N4OS/c1-9-6-10(2)15-12(7-9)11(3)16(21-15)17(23)22-5-4-13-14(8-22)24-18(19)20-13/h6-7,21H,4-5,8H2,1-3H3,(H2,19,20). The number of hydrogen-bond acceptors (Lipinski definition) is 4. The lowest BCUT2D eigenvalue weighted by molar-refractivity contribution is 0.0730. The van der Waals surface area contributed by atoms with Crippen molar-refractivity contribution in [2.75, 3.05) is 12.3 Å². The monoisotopic (exact) mass is 340 g/mol. The van der Waals surface area contributed by atoms with Crippen LogP contribution in [-0.4, -0.2) is 27.3 Å². The highest BCUT2D eigenvalue weighted by Gasteiger charge is 2.27. The van der Waals surface area contributed by atoms with E-state index in [1.165, 1.54) is 22.5 Å². The molecule has 24 heavy (non-hydrogen) atoms. The van der Waals surface area contributed by atoms with E-state index in [2.05, 4.69) is 35.9 Å². The number of aromatic nitrogens is 2. The molecule has 3 aromatic rings. The second-order valence-corrected chi connectivity index (χ2v) is 7.64. The maximum Gasteiger partial charge on any atom is 0.270 e. The van der Waals surface area contributed by atoms with Crippen molar-refractivity contribution in [3.05, 3.63) is 45.1 Å². The second kappa shape index (κ2) is 5.34. The van der Waals surface area contributed by atoms with Crippen molar-refractivity contribution in [3.8, 4) is 0 Å². The highest BCUT2D eigenvalue weighted by molar-refractivity contribution is 7.15. The molecule has 2 aromatic heterocycles. The molecule has 4 rings (SSSR count). The quantitative estimate of drug-likeness (QED) is 0.713. The number of nitrogens with one attached hydrogen (secondary N) is 1. The second-order valence-electron chi connectivity index (χ2n) is 6.53. The van der Waals surface area contributed by atoms with Gasteiger partial charge in [-0.1, -0.05) is 11.6 Å². The Balaban J connectivity index is 1.71.